The minimum Gasteiger partial charge on any atom is -0.503 e. The van der Waals surface area contributed by atoms with Crippen LogP contribution in [0.3, 0.4) is 0 Å². The van der Waals surface area contributed by atoms with E-state index >= 15 is 0 Å². The minimum absolute atomic E-state index is 0.0534. The summed E-state index contributed by atoms with van der Waals surface area (Å²) in [6.45, 7) is 2.80. The predicted molar refractivity (Wildman–Crippen MR) is 108 cm³/mol. The van der Waals surface area contributed by atoms with E-state index in [0.29, 0.717) is 19.2 Å². The van der Waals surface area contributed by atoms with Gasteiger partial charge in [-0.3, -0.25) is 14.4 Å². The lowest BCUT2D eigenvalue weighted by Gasteiger charge is -2.37. The summed E-state index contributed by atoms with van der Waals surface area (Å²) in [5, 5.41) is 13.0. The van der Waals surface area contributed by atoms with Gasteiger partial charge in [0.2, 0.25) is 5.43 Å². The van der Waals surface area contributed by atoms with Gasteiger partial charge in [-0.1, -0.05) is 19.4 Å². The second-order valence-electron chi connectivity index (χ2n) is 8.02. The molecule has 2 aliphatic rings. The van der Waals surface area contributed by atoms with Crippen LogP contribution in [0.5, 0.6) is 5.75 Å². The third kappa shape index (κ3) is 3.68. The highest BCUT2D eigenvalue weighted by molar-refractivity contribution is 5.99. The molecule has 3 heterocycles. The number of amides is 2. The van der Waals surface area contributed by atoms with E-state index in [4.69, 9.17) is 0 Å². The largest absolute Gasteiger partial charge is 0.503 e. The van der Waals surface area contributed by atoms with Crippen LogP contribution in [-0.2, 0) is 6.54 Å². The fourth-order valence-electron chi connectivity index (χ4n) is 4.52. The van der Waals surface area contributed by atoms with Gasteiger partial charge in [-0.05, 0) is 24.8 Å². The van der Waals surface area contributed by atoms with E-state index in [1.807, 2.05) is 6.92 Å². The summed E-state index contributed by atoms with van der Waals surface area (Å²) in [5.74, 6) is -3.32. The average Bonchev–Trinajstić information content (AvgIpc) is 2.93. The summed E-state index contributed by atoms with van der Waals surface area (Å²) >= 11 is 0. The lowest BCUT2D eigenvalue weighted by molar-refractivity contribution is 0.0657. The van der Waals surface area contributed by atoms with Crippen LogP contribution in [0, 0.1) is 17.6 Å². The molecule has 2 atom stereocenters. The first-order valence-electron chi connectivity index (χ1n) is 10.3. The Morgan fingerprint density at radius 1 is 1.29 bits per heavy atom. The van der Waals surface area contributed by atoms with Crippen molar-refractivity contribution in [2.75, 3.05) is 13.1 Å². The van der Waals surface area contributed by atoms with Crippen molar-refractivity contribution in [3.8, 4) is 5.75 Å². The highest BCUT2D eigenvalue weighted by Crippen LogP contribution is 2.36. The zero-order valence-corrected chi connectivity index (χ0v) is 17.0. The normalized spacial score (nSPS) is 20.2. The van der Waals surface area contributed by atoms with Gasteiger partial charge < -0.3 is 19.9 Å². The van der Waals surface area contributed by atoms with Crippen LogP contribution in [0.15, 0.2) is 29.2 Å². The van der Waals surface area contributed by atoms with Gasteiger partial charge in [0.05, 0.1) is 6.04 Å². The number of fused-ring (bicyclic) bond motifs is 4. The molecular weight excluding hydrogens is 408 g/mol. The molecule has 164 valence electrons. The zero-order valence-electron chi connectivity index (χ0n) is 17.0. The number of pyridine rings is 1. The molecule has 1 aromatic carbocycles. The molecule has 0 saturated carbocycles. The number of carbonyl (C=O) groups excluding carboxylic acids is 2. The van der Waals surface area contributed by atoms with E-state index in [2.05, 4.69) is 5.32 Å². The van der Waals surface area contributed by atoms with Crippen molar-refractivity contribution in [3.63, 3.8) is 0 Å². The van der Waals surface area contributed by atoms with Gasteiger partial charge in [0.25, 0.3) is 11.8 Å². The van der Waals surface area contributed by atoms with Crippen molar-refractivity contribution in [1.29, 1.82) is 0 Å². The third-order valence-corrected chi connectivity index (χ3v) is 6.24. The molecule has 2 aliphatic heterocycles. The van der Waals surface area contributed by atoms with E-state index in [-0.39, 0.29) is 35.3 Å². The second kappa shape index (κ2) is 8.13. The molecule has 2 aromatic rings. The molecule has 31 heavy (non-hydrogen) atoms. The molecule has 4 rings (SSSR count). The van der Waals surface area contributed by atoms with E-state index in [1.54, 1.807) is 9.47 Å². The van der Waals surface area contributed by atoms with Crippen LogP contribution in [0.25, 0.3) is 0 Å². The number of halogens is 2. The van der Waals surface area contributed by atoms with Gasteiger partial charge in [-0.25, -0.2) is 8.78 Å². The average molecular weight is 431 g/mol. The summed E-state index contributed by atoms with van der Waals surface area (Å²) < 4.78 is 28.5. The lowest BCUT2D eigenvalue weighted by atomic mass is 9.91. The Labute approximate surface area is 177 Å². The number of aromatic nitrogens is 1. The molecule has 0 spiro atoms. The molecule has 2 bridgehead atoms. The molecule has 2 unspecified atom stereocenters. The number of aromatic hydroxyl groups is 1. The lowest BCUT2D eigenvalue weighted by Crippen LogP contribution is -2.45. The van der Waals surface area contributed by atoms with Crippen LogP contribution in [0.2, 0.25) is 0 Å². The van der Waals surface area contributed by atoms with Crippen molar-refractivity contribution in [2.24, 2.45) is 5.92 Å². The van der Waals surface area contributed by atoms with Crippen LogP contribution < -0.4 is 10.7 Å². The Bertz CT molecular complexity index is 1110. The summed E-state index contributed by atoms with van der Waals surface area (Å²) in [6, 6.07) is 2.81. The topological polar surface area (TPSA) is 91.6 Å². The molecule has 2 amide bonds. The van der Waals surface area contributed by atoms with Crippen LogP contribution in [0.4, 0.5) is 8.78 Å². The number of benzene rings is 1. The van der Waals surface area contributed by atoms with Gasteiger partial charge >= 0.3 is 0 Å². The maximum atomic E-state index is 13.8. The Morgan fingerprint density at radius 3 is 2.77 bits per heavy atom. The van der Waals surface area contributed by atoms with Crippen molar-refractivity contribution in [2.45, 2.75) is 38.8 Å². The van der Waals surface area contributed by atoms with E-state index in [0.717, 1.165) is 25.3 Å². The van der Waals surface area contributed by atoms with Gasteiger partial charge in [0.15, 0.2) is 11.4 Å². The minimum atomic E-state index is -0.954. The summed E-state index contributed by atoms with van der Waals surface area (Å²) in [5.41, 5.74) is -1.32. The first-order valence-corrected chi connectivity index (χ1v) is 10.3. The number of nitrogens with one attached hydrogen (secondary N) is 1. The fraction of sp³-hybridized carbons (Fsp3) is 0.409. The van der Waals surface area contributed by atoms with E-state index < -0.39 is 34.6 Å². The molecule has 1 saturated heterocycles. The highest BCUT2D eigenvalue weighted by atomic mass is 19.1. The first-order chi connectivity index (χ1) is 14.8. The van der Waals surface area contributed by atoms with Crippen molar-refractivity contribution < 1.29 is 23.5 Å². The summed E-state index contributed by atoms with van der Waals surface area (Å²) in [4.78, 5) is 39.9. The number of rotatable bonds is 4. The smallest absolute Gasteiger partial charge is 0.274 e. The molecule has 0 aliphatic carbocycles. The van der Waals surface area contributed by atoms with Gasteiger partial charge in [-0.15, -0.1) is 0 Å². The van der Waals surface area contributed by atoms with Gasteiger partial charge in [0.1, 0.15) is 17.2 Å². The van der Waals surface area contributed by atoms with Crippen molar-refractivity contribution in [1.82, 2.24) is 14.8 Å². The molecule has 2 N–H and O–H groups in total. The Kier molecular flexibility index (Phi) is 5.51. The third-order valence-electron chi connectivity index (χ3n) is 6.24. The van der Waals surface area contributed by atoms with Crippen molar-refractivity contribution >= 4 is 11.8 Å². The zero-order chi connectivity index (χ0) is 22.3. The molecule has 0 radical (unpaired) electrons. The van der Waals surface area contributed by atoms with Crippen LogP contribution in [-0.4, -0.2) is 39.5 Å². The van der Waals surface area contributed by atoms with E-state index in [1.165, 1.54) is 12.3 Å². The Morgan fingerprint density at radius 2 is 2.06 bits per heavy atom. The van der Waals surface area contributed by atoms with Crippen LogP contribution in [0.1, 0.15) is 58.6 Å². The molecule has 9 heteroatoms. The summed E-state index contributed by atoms with van der Waals surface area (Å²) in [6.07, 6.45) is 3.89. The van der Waals surface area contributed by atoms with E-state index in [9.17, 15) is 28.3 Å². The Hall–Kier alpha value is -3.23. The summed E-state index contributed by atoms with van der Waals surface area (Å²) in [7, 11) is 0. The van der Waals surface area contributed by atoms with Crippen molar-refractivity contribution in [3.05, 3.63) is 63.1 Å². The molecular formula is C22H23F2N3O4. The number of hydrogen-bond acceptors (Lipinski definition) is 4. The fourth-order valence-corrected chi connectivity index (χ4v) is 4.52. The van der Waals surface area contributed by atoms with Crippen LogP contribution >= 0.6 is 0 Å². The van der Waals surface area contributed by atoms with Gasteiger partial charge in [-0.2, -0.15) is 0 Å². The maximum absolute atomic E-state index is 13.8. The van der Waals surface area contributed by atoms with Gasteiger partial charge in [0, 0.05) is 37.5 Å². The highest BCUT2D eigenvalue weighted by Gasteiger charge is 2.39. The molecule has 1 fully saturated rings. The second-order valence-corrected chi connectivity index (χ2v) is 8.02. The monoisotopic (exact) mass is 431 g/mol. The standard InChI is InChI=1S/C22H23F2N3O4/c1-2-12-4-3-7-26-11-17(12)27-10-15(19(28)20(29)18(27)22(26)31)21(30)25-9-13-5-6-14(23)8-16(13)24/h5-6,8,10,12,17,29H,2-4,7,9,11H2,1H3,(H,25,30). The first kappa shape index (κ1) is 21.0. The molecule has 7 nitrogen and oxygen atoms in total. The SMILES string of the molecule is CCC1CCCN2CC1n1cc(C(=O)NCc3ccc(F)cc3F)c(=O)c(O)c1C2=O. The quantitative estimate of drug-likeness (QED) is 0.779. The predicted octanol–water partition coefficient (Wildman–Crippen LogP) is 2.58. The maximum Gasteiger partial charge on any atom is 0.274 e. The molecule has 1 aromatic heterocycles. The number of nitrogens with zero attached hydrogens (tertiary/aromatic N) is 2. The number of hydrogen-bond donors (Lipinski definition) is 2. The Balaban J connectivity index is 1.69. The number of carbonyl (C=O) groups is 2.